The maximum Gasteiger partial charge on any atom is 0.407 e. The second-order valence-corrected chi connectivity index (χ2v) is 29.0. The molecule has 1 aliphatic heterocycles. The molecule has 0 unspecified atom stereocenters. The lowest BCUT2D eigenvalue weighted by Gasteiger charge is -2.41. The predicted molar refractivity (Wildman–Crippen MR) is 282 cm³/mol. The van der Waals surface area contributed by atoms with Gasteiger partial charge in [-0.15, -0.1) is 11.8 Å². The Balaban J connectivity index is 1.55. The third-order valence-corrected chi connectivity index (χ3v) is 15.9. The number of ether oxygens (including phenoxy) is 1. The van der Waals surface area contributed by atoms with E-state index in [1.165, 1.54) is 0 Å². The van der Waals surface area contributed by atoms with E-state index in [2.05, 4.69) is 40.9 Å². The van der Waals surface area contributed by atoms with Gasteiger partial charge in [0.15, 0.2) is 0 Å². The fourth-order valence-corrected chi connectivity index (χ4v) is 10.4. The molecule has 0 fully saturated rings. The fourth-order valence-electron chi connectivity index (χ4n) is 7.67. The zero-order chi connectivity index (χ0) is 54.8. The number of amides is 7. The first-order chi connectivity index (χ1) is 34.7. The fraction of sp³-hybridized carbons (Fsp3) is 0.480. The molecule has 0 bridgehead atoms. The molecule has 2 aromatic carbocycles. The van der Waals surface area contributed by atoms with Crippen molar-refractivity contribution in [3.05, 3.63) is 95.8 Å². The van der Waals surface area contributed by atoms with E-state index in [0.29, 0.717) is 22.7 Å². The number of nitrogens with one attached hydrogen (secondary N) is 4. The van der Waals surface area contributed by atoms with Crippen LogP contribution >= 0.6 is 22.4 Å². The van der Waals surface area contributed by atoms with Crippen molar-refractivity contribution in [3.63, 3.8) is 0 Å². The number of hydrogen-bond acceptors (Lipinski definition) is 12. The molecule has 406 valence electrons. The third-order valence-electron chi connectivity index (χ3n) is 11.4. The van der Waals surface area contributed by atoms with Crippen LogP contribution in [0, 0.1) is 17.0 Å². The Labute approximate surface area is 436 Å². The molecule has 2 atom stereocenters. The molecule has 0 spiro atoms. The van der Waals surface area contributed by atoms with E-state index in [4.69, 9.17) is 4.74 Å². The van der Waals surface area contributed by atoms with Crippen LogP contribution in [-0.4, -0.2) is 153 Å². The van der Waals surface area contributed by atoms with Gasteiger partial charge >= 0.3 is 12.1 Å². The summed E-state index contributed by atoms with van der Waals surface area (Å²) in [7, 11) is -4.87. The predicted octanol–water partition coefficient (Wildman–Crippen LogP) is 5.84. The lowest BCUT2D eigenvalue weighted by molar-refractivity contribution is -0.141. The van der Waals surface area contributed by atoms with E-state index in [-0.39, 0.29) is 67.8 Å². The van der Waals surface area contributed by atoms with E-state index in [1.807, 2.05) is 55.7 Å². The van der Waals surface area contributed by atoms with Gasteiger partial charge in [0.2, 0.25) is 23.6 Å². The highest BCUT2D eigenvalue weighted by molar-refractivity contribution is 8.24. The van der Waals surface area contributed by atoms with Crippen LogP contribution in [0.3, 0.4) is 0 Å². The summed E-state index contributed by atoms with van der Waals surface area (Å²) in [5.74, 6) is -7.63. The molecule has 0 saturated heterocycles. The number of rotatable bonds is 29. The molecule has 1 aliphatic rings. The first-order valence-electron chi connectivity index (χ1n) is 24.0. The van der Waals surface area contributed by atoms with E-state index in [0.717, 1.165) is 53.7 Å². The van der Waals surface area contributed by atoms with Crippen molar-refractivity contribution >= 4 is 77.9 Å². The SMILES string of the molecule is CC(C)(C)[C@H](c1cc(-c2cc(F)ccc2F)cn1Cc1ccccc1)N(CCCNC(=O)OCC[Si](C)(C)C)C(=O)CSC[C@H](NC(=O)CCC(=O)O)C(=O)NCCS(O)(O)CCNC(=O)CN1C(=O)C=CC1=O. The highest BCUT2D eigenvalue weighted by Crippen LogP contribution is 2.42. The zero-order valence-corrected chi connectivity index (χ0v) is 45.3. The van der Waals surface area contributed by atoms with Gasteiger partial charge in [0.05, 0.1) is 36.3 Å². The topological polar surface area (TPSA) is 266 Å². The molecule has 24 heteroatoms. The summed E-state index contributed by atoms with van der Waals surface area (Å²) in [6.07, 6.45) is 2.44. The van der Waals surface area contributed by atoms with E-state index in [9.17, 15) is 57.0 Å². The largest absolute Gasteiger partial charge is 0.481 e. The van der Waals surface area contributed by atoms with Crippen LogP contribution < -0.4 is 21.3 Å². The number of carboxylic acids is 1. The summed E-state index contributed by atoms with van der Waals surface area (Å²) >= 11 is 0.997. The lowest BCUT2D eigenvalue weighted by atomic mass is 9.83. The normalized spacial score (nSPS) is 13.8. The zero-order valence-electron chi connectivity index (χ0n) is 42.6. The summed E-state index contributed by atoms with van der Waals surface area (Å²) < 4.78 is 58.7. The Bertz CT molecular complexity index is 2480. The molecule has 3 aromatic rings. The van der Waals surface area contributed by atoms with Crippen LogP contribution in [0.15, 0.2) is 72.9 Å². The Hall–Kier alpha value is -6.08. The number of halogens is 2. The summed E-state index contributed by atoms with van der Waals surface area (Å²) in [5.41, 5.74) is 1.16. The number of carboxylic acid groups (broad SMARTS) is 1. The Morgan fingerprint density at radius 1 is 0.865 bits per heavy atom. The van der Waals surface area contributed by atoms with Crippen LogP contribution in [0.5, 0.6) is 0 Å². The van der Waals surface area contributed by atoms with Crippen LogP contribution in [0.4, 0.5) is 13.6 Å². The van der Waals surface area contributed by atoms with Gasteiger partial charge in [-0.25, -0.2) is 13.6 Å². The molecular weight excluding hydrogens is 1020 g/mol. The second-order valence-electron chi connectivity index (χ2n) is 20.0. The molecule has 74 heavy (non-hydrogen) atoms. The maximum absolute atomic E-state index is 15.4. The van der Waals surface area contributed by atoms with Crippen molar-refractivity contribution in [1.29, 1.82) is 0 Å². The Morgan fingerprint density at radius 3 is 2.16 bits per heavy atom. The van der Waals surface area contributed by atoms with E-state index < -0.39 is 115 Å². The van der Waals surface area contributed by atoms with E-state index >= 15 is 4.39 Å². The van der Waals surface area contributed by atoms with Gasteiger partial charge in [0.25, 0.3) is 11.8 Å². The first kappa shape index (κ1) is 60.5. The number of aromatic nitrogens is 1. The van der Waals surface area contributed by atoms with Gasteiger partial charge in [0, 0.05) is 88.1 Å². The highest BCUT2D eigenvalue weighted by Gasteiger charge is 2.37. The minimum Gasteiger partial charge on any atom is -0.481 e. The number of imide groups is 1. The Morgan fingerprint density at radius 2 is 1.53 bits per heavy atom. The van der Waals surface area contributed by atoms with Crippen molar-refractivity contribution < 1.29 is 66.1 Å². The van der Waals surface area contributed by atoms with Crippen LogP contribution in [-0.2, 0) is 44.8 Å². The highest BCUT2D eigenvalue weighted by atomic mass is 32.3. The third kappa shape index (κ3) is 20.3. The number of aliphatic carboxylic acids is 1. The van der Waals surface area contributed by atoms with Crippen molar-refractivity contribution in [3.8, 4) is 11.1 Å². The number of carbonyl (C=O) groups excluding carboxylic acids is 7. The van der Waals surface area contributed by atoms with Gasteiger partial charge < -0.3 is 40.6 Å². The molecule has 0 saturated carbocycles. The maximum atomic E-state index is 15.4. The van der Waals surface area contributed by atoms with Gasteiger partial charge in [-0.05, 0) is 47.7 Å². The van der Waals surface area contributed by atoms with Gasteiger partial charge in [0.1, 0.15) is 24.2 Å². The first-order valence-corrected chi connectivity index (χ1v) is 30.8. The van der Waals surface area contributed by atoms with Crippen molar-refractivity contribution in [2.75, 3.05) is 62.3 Å². The summed E-state index contributed by atoms with van der Waals surface area (Å²) in [6, 6.07) is 13.1. The molecule has 0 aliphatic carbocycles. The quantitative estimate of drug-likeness (QED) is 0.0245. The smallest absolute Gasteiger partial charge is 0.407 e. The molecule has 2 heterocycles. The number of hydrogen-bond donors (Lipinski definition) is 7. The number of benzene rings is 2. The van der Waals surface area contributed by atoms with Crippen molar-refractivity contribution in [2.24, 2.45) is 5.41 Å². The van der Waals surface area contributed by atoms with Crippen molar-refractivity contribution in [1.82, 2.24) is 35.6 Å². The molecular formula is C50H69F2N7O12S2Si. The van der Waals surface area contributed by atoms with E-state index in [1.54, 1.807) is 17.2 Å². The molecule has 1 aromatic heterocycles. The number of nitrogens with zero attached hydrogens (tertiary/aromatic N) is 3. The minimum absolute atomic E-state index is 0.0185. The number of thioether (sulfide) groups is 1. The summed E-state index contributed by atoms with van der Waals surface area (Å²) in [6.45, 7) is 12.0. The summed E-state index contributed by atoms with van der Waals surface area (Å²) in [4.78, 5) is 103. The average Bonchev–Trinajstić information content (AvgIpc) is 3.86. The van der Waals surface area contributed by atoms with Crippen LogP contribution in [0.2, 0.25) is 25.7 Å². The average molecular weight is 1090 g/mol. The van der Waals surface area contributed by atoms with Gasteiger partial charge in [-0.2, -0.15) is 10.6 Å². The number of carbonyl (C=O) groups is 8. The minimum atomic E-state index is -3.40. The van der Waals surface area contributed by atoms with Gasteiger partial charge in [-0.1, -0.05) is 70.7 Å². The molecule has 4 rings (SSSR count). The lowest BCUT2D eigenvalue weighted by Crippen LogP contribution is -2.49. The van der Waals surface area contributed by atoms with Crippen molar-refractivity contribution in [2.45, 2.75) is 84.3 Å². The van der Waals surface area contributed by atoms with Crippen LogP contribution in [0.25, 0.3) is 11.1 Å². The van der Waals surface area contributed by atoms with Crippen LogP contribution in [0.1, 0.15) is 57.3 Å². The molecule has 0 radical (unpaired) electrons. The standard InChI is InChI=1S/C50H69F2N7O12S2Si/c1-50(2,3)47(40-27-35(37-28-36(51)13-14-38(37)52)30-57(40)29-34-11-8-7-9-12-34)58(22-10-19-55-49(68)71-23-26-74(4,5)6)45(64)33-72-32-39(56-41(60)15-18-46(65)66)48(67)54-21-25-73(69,70)24-20-53-42(61)31-59-43(62)16-17-44(59)63/h7-9,11-14,16-17,27-28,30,39,47,69-70H,10,15,18-26,29,31-33H2,1-6H3,(H,53,61)(H,54,67)(H,55,68)(H,56,60)(H,65,66)/t39-,47-/m0/s1. The molecule has 7 amide bonds. The number of alkyl carbamates (subject to hydrolysis) is 1. The van der Waals surface area contributed by atoms with Gasteiger partial charge in [-0.3, -0.25) is 47.6 Å². The second kappa shape index (κ2) is 28.0. The molecule has 19 nitrogen and oxygen atoms in total. The summed E-state index contributed by atoms with van der Waals surface area (Å²) in [5, 5.41) is 19.4. The Kier molecular flexibility index (Phi) is 22.9. The monoisotopic (exact) mass is 1090 g/mol. The molecule has 7 N–H and O–H groups in total.